The van der Waals surface area contributed by atoms with E-state index >= 15 is 0 Å². The summed E-state index contributed by atoms with van der Waals surface area (Å²) in [6, 6.07) is 0. The molecular formula is C22H42N4O2. The lowest BCUT2D eigenvalue weighted by atomic mass is 9.72. The van der Waals surface area contributed by atoms with Crippen LogP contribution in [-0.4, -0.2) is 121 Å². The average Bonchev–Trinajstić information content (AvgIpc) is 2.62. The normalized spacial score (nSPS) is 30.9. The lowest BCUT2D eigenvalue weighted by molar-refractivity contribution is -0.129. The van der Waals surface area contributed by atoms with Crippen LogP contribution >= 0.6 is 0 Å². The molecule has 162 valence electrons. The zero-order valence-electron chi connectivity index (χ0n) is 18.2. The van der Waals surface area contributed by atoms with E-state index in [0.29, 0.717) is 5.41 Å². The number of hydrogen-bond acceptors (Lipinski definition) is 6. The van der Waals surface area contributed by atoms with Crippen LogP contribution < -0.4 is 0 Å². The molecule has 0 unspecified atom stereocenters. The maximum atomic E-state index is 10.9. The molecule has 0 aliphatic carbocycles. The molecule has 0 aromatic heterocycles. The van der Waals surface area contributed by atoms with Crippen molar-refractivity contribution in [2.24, 2.45) is 11.3 Å². The largest absolute Gasteiger partial charge is 0.392 e. The molecular weight excluding hydrogens is 352 g/mol. The van der Waals surface area contributed by atoms with Crippen molar-refractivity contribution in [1.29, 1.82) is 0 Å². The number of β-amino-alcohol motifs (C(OH)–C–C–N with tert-alkyl or cyclic N) is 2. The van der Waals surface area contributed by atoms with Gasteiger partial charge >= 0.3 is 0 Å². The summed E-state index contributed by atoms with van der Waals surface area (Å²) in [4.78, 5) is 9.94. The first-order valence-electron chi connectivity index (χ1n) is 11.6. The molecule has 4 heterocycles. The number of likely N-dealkylation sites (tertiary alicyclic amines) is 4. The molecule has 6 nitrogen and oxygen atoms in total. The molecule has 0 aromatic carbocycles. The molecule has 4 aliphatic heterocycles. The van der Waals surface area contributed by atoms with Gasteiger partial charge in [0, 0.05) is 64.3 Å². The van der Waals surface area contributed by atoms with Gasteiger partial charge in [-0.3, -0.25) is 4.90 Å². The monoisotopic (exact) mass is 394 g/mol. The zero-order chi connectivity index (χ0) is 19.8. The van der Waals surface area contributed by atoms with Crippen molar-refractivity contribution in [2.75, 3.05) is 79.0 Å². The van der Waals surface area contributed by atoms with E-state index in [0.717, 1.165) is 64.4 Å². The Morgan fingerprint density at radius 3 is 2.14 bits per heavy atom. The van der Waals surface area contributed by atoms with Gasteiger partial charge < -0.3 is 24.9 Å². The van der Waals surface area contributed by atoms with E-state index in [1.54, 1.807) is 0 Å². The summed E-state index contributed by atoms with van der Waals surface area (Å²) in [5.41, 5.74) is 0.0935. The van der Waals surface area contributed by atoms with Crippen molar-refractivity contribution >= 4 is 0 Å². The highest BCUT2D eigenvalue weighted by Crippen LogP contribution is 2.40. The highest BCUT2D eigenvalue weighted by atomic mass is 16.3. The molecule has 4 fully saturated rings. The van der Waals surface area contributed by atoms with Gasteiger partial charge in [0.05, 0.1) is 11.7 Å². The Balaban J connectivity index is 1.10. The maximum absolute atomic E-state index is 10.9. The van der Waals surface area contributed by atoms with Crippen LogP contribution in [0.4, 0.5) is 0 Å². The van der Waals surface area contributed by atoms with E-state index in [9.17, 15) is 10.2 Å². The molecule has 4 rings (SSSR count). The fourth-order valence-corrected chi connectivity index (χ4v) is 5.99. The number of nitrogens with zero attached hydrogens (tertiary/aromatic N) is 4. The van der Waals surface area contributed by atoms with Crippen molar-refractivity contribution < 1.29 is 10.2 Å². The summed E-state index contributed by atoms with van der Waals surface area (Å²) >= 11 is 0. The van der Waals surface area contributed by atoms with Crippen LogP contribution in [0.5, 0.6) is 0 Å². The number of aliphatic hydroxyl groups excluding tert-OH is 1. The highest BCUT2D eigenvalue weighted by Gasteiger charge is 2.51. The first-order valence-corrected chi connectivity index (χ1v) is 11.6. The van der Waals surface area contributed by atoms with Crippen LogP contribution in [0.15, 0.2) is 0 Å². The fraction of sp³-hybridized carbons (Fsp3) is 1.00. The second kappa shape index (κ2) is 8.48. The van der Waals surface area contributed by atoms with Gasteiger partial charge in [0.25, 0.3) is 0 Å². The molecule has 4 saturated heterocycles. The van der Waals surface area contributed by atoms with Gasteiger partial charge in [-0.05, 0) is 58.2 Å². The van der Waals surface area contributed by atoms with Gasteiger partial charge in [0.1, 0.15) is 0 Å². The Morgan fingerprint density at radius 1 is 0.929 bits per heavy atom. The van der Waals surface area contributed by atoms with Crippen molar-refractivity contribution in [3.05, 3.63) is 0 Å². The van der Waals surface area contributed by atoms with Gasteiger partial charge in [-0.25, -0.2) is 0 Å². The van der Waals surface area contributed by atoms with Gasteiger partial charge in [0.15, 0.2) is 0 Å². The molecule has 0 aromatic rings. The Kier molecular flexibility index (Phi) is 6.36. The molecule has 1 spiro atoms. The average molecular weight is 395 g/mol. The predicted octanol–water partition coefficient (Wildman–Crippen LogP) is 0.544. The molecule has 4 aliphatic rings. The summed E-state index contributed by atoms with van der Waals surface area (Å²) < 4.78 is 0. The number of aliphatic hydroxyl groups is 2. The van der Waals surface area contributed by atoms with Crippen LogP contribution in [0.3, 0.4) is 0 Å². The Hall–Kier alpha value is -0.240. The summed E-state index contributed by atoms with van der Waals surface area (Å²) in [6.07, 6.45) is 5.13. The Morgan fingerprint density at radius 2 is 1.54 bits per heavy atom. The fourth-order valence-electron chi connectivity index (χ4n) is 5.99. The summed E-state index contributed by atoms with van der Waals surface area (Å²) in [5, 5.41) is 20.7. The molecule has 1 atom stereocenters. The van der Waals surface area contributed by atoms with Gasteiger partial charge in [-0.2, -0.15) is 0 Å². The van der Waals surface area contributed by atoms with Crippen LogP contribution in [0.2, 0.25) is 0 Å². The van der Waals surface area contributed by atoms with Crippen molar-refractivity contribution in [1.82, 2.24) is 19.6 Å². The van der Waals surface area contributed by atoms with Crippen LogP contribution in [0, 0.1) is 11.3 Å². The van der Waals surface area contributed by atoms with E-state index in [1.807, 2.05) is 0 Å². The number of rotatable bonds is 7. The van der Waals surface area contributed by atoms with Crippen molar-refractivity contribution in [3.8, 4) is 0 Å². The first-order chi connectivity index (χ1) is 13.4. The molecule has 0 radical (unpaired) electrons. The number of hydrogen-bond donors (Lipinski definition) is 2. The minimum absolute atomic E-state index is 0.147. The summed E-state index contributed by atoms with van der Waals surface area (Å²) in [6.45, 7) is 14.3. The second-order valence-electron chi connectivity index (χ2n) is 10.6. The third-order valence-corrected chi connectivity index (χ3v) is 7.84. The van der Waals surface area contributed by atoms with Gasteiger partial charge in [-0.15, -0.1) is 0 Å². The molecule has 0 bridgehead atoms. The first kappa shape index (κ1) is 21.0. The van der Waals surface area contributed by atoms with Crippen molar-refractivity contribution in [3.63, 3.8) is 0 Å². The quantitative estimate of drug-likeness (QED) is 0.658. The lowest BCUT2D eigenvalue weighted by Gasteiger charge is -2.61. The lowest BCUT2D eigenvalue weighted by Crippen LogP contribution is -2.72. The maximum Gasteiger partial charge on any atom is 0.0798 e. The van der Waals surface area contributed by atoms with Crippen molar-refractivity contribution in [2.45, 2.75) is 50.7 Å². The second-order valence-corrected chi connectivity index (χ2v) is 10.6. The minimum atomic E-state index is -0.454. The van der Waals surface area contributed by atoms with Crippen LogP contribution in [0.25, 0.3) is 0 Å². The van der Waals surface area contributed by atoms with E-state index < -0.39 is 5.60 Å². The van der Waals surface area contributed by atoms with E-state index in [4.69, 9.17) is 0 Å². The summed E-state index contributed by atoms with van der Waals surface area (Å²) in [5.74, 6) is 0.832. The third kappa shape index (κ3) is 4.90. The van der Waals surface area contributed by atoms with E-state index in [2.05, 4.69) is 33.6 Å². The SMILES string of the molecule is CC[C@@H](O)CN1CC2(CN(CC3CCN(CC4(O)CCN(C)CC4)CC3)C2)C1. The third-order valence-electron chi connectivity index (χ3n) is 7.84. The van der Waals surface area contributed by atoms with E-state index in [-0.39, 0.29) is 6.10 Å². The number of piperidine rings is 2. The Labute approximate surface area is 171 Å². The van der Waals surface area contributed by atoms with Gasteiger partial charge in [-0.1, -0.05) is 6.92 Å². The molecule has 0 saturated carbocycles. The van der Waals surface area contributed by atoms with Crippen LogP contribution in [0.1, 0.15) is 39.0 Å². The molecule has 28 heavy (non-hydrogen) atoms. The Bertz CT molecular complexity index is 501. The smallest absolute Gasteiger partial charge is 0.0798 e. The van der Waals surface area contributed by atoms with E-state index in [1.165, 1.54) is 45.6 Å². The molecule has 2 N–H and O–H groups in total. The van der Waals surface area contributed by atoms with Gasteiger partial charge in [0.2, 0.25) is 0 Å². The molecule has 0 amide bonds. The molecule has 6 heteroatoms. The topological polar surface area (TPSA) is 53.4 Å². The minimum Gasteiger partial charge on any atom is -0.392 e. The zero-order valence-corrected chi connectivity index (χ0v) is 18.2. The standard InChI is InChI=1S/C22H42N4O2/c1-3-20(27)13-26-16-21(17-26)14-25(15-21)12-19-4-8-24(9-5-19)18-22(28)6-10-23(2)11-7-22/h19-20,27-28H,3-18H2,1-2H3/t20-/m1/s1. The summed E-state index contributed by atoms with van der Waals surface area (Å²) in [7, 11) is 2.15. The van der Waals surface area contributed by atoms with Crippen LogP contribution in [-0.2, 0) is 0 Å². The predicted molar refractivity (Wildman–Crippen MR) is 112 cm³/mol. The highest BCUT2D eigenvalue weighted by molar-refractivity contribution is 5.06.